The average molecular weight is 525 g/mol. The van der Waals surface area contributed by atoms with Crippen LogP contribution in [0.25, 0.3) is 22.5 Å². The molecule has 1 aliphatic rings. The van der Waals surface area contributed by atoms with Crippen molar-refractivity contribution in [3.05, 3.63) is 64.3 Å². The highest BCUT2D eigenvalue weighted by atomic mass is 35.5. The fourth-order valence-corrected chi connectivity index (χ4v) is 4.87. The van der Waals surface area contributed by atoms with Gasteiger partial charge in [0, 0.05) is 60.2 Å². The predicted molar refractivity (Wildman–Crippen MR) is 137 cm³/mol. The van der Waals surface area contributed by atoms with Crippen molar-refractivity contribution >= 4 is 23.5 Å². The number of pyridine rings is 1. The summed E-state index contributed by atoms with van der Waals surface area (Å²) >= 11 is 6.66. The molecule has 5 rings (SSSR count). The summed E-state index contributed by atoms with van der Waals surface area (Å²) < 4.78 is 29.4. The Kier molecular flexibility index (Phi) is 6.59. The highest BCUT2D eigenvalue weighted by Gasteiger charge is 2.26. The minimum atomic E-state index is -0.659. The van der Waals surface area contributed by atoms with Crippen LogP contribution in [0.1, 0.15) is 43.6 Å². The summed E-state index contributed by atoms with van der Waals surface area (Å²) in [6.07, 6.45) is 2.74. The Morgan fingerprint density at radius 3 is 2.86 bits per heavy atom. The van der Waals surface area contributed by atoms with Gasteiger partial charge in [-0.15, -0.1) is 0 Å². The summed E-state index contributed by atoms with van der Waals surface area (Å²) in [5.74, 6) is 0.0730. The zero-order chi connectivity index (χ0) is 26.3. The van der Waals surface area contributed by atoms with Crippen molar-refractivity contribution in [1.29, 1.82) is 0 Å². The molecule has 0 fully saturated rings. The van der Waals surface area contributed by atoms with Gasteiger partial charge in [0.2, 0.25) is 0 Å². The Labute approximate surface area is 218 Å². The zero-order valence-corrected chi connectivity index (χ0v) is 21.6. The van der Waals surface area contributed by atoms with Crippen molar-refractivity contribution < 1.29 is 18.7 Å². The van der Waals surface area contributed by atoms with E-state index in [0.29, 0.717) is 40.7 Å². The number of benzene rings is 1. The molecule has 1 aliphatic heterocycles. The average Bonchev–Trinajstić information content (AvgIpc) is 3.38. The molecule has 1 atom stereocenters. The summed E-state index contributed by atoms with van der Waals surface area (Å²) in [7, 11) is 1.84. The number of hydrogen-bond acceptors (Lipinski definition) is 6. The Hall–Kier alpha value is -3.92. The van der Waals surface area contributed by atoms with Crippen LogP contribution in [0.5, 0.6) is 5.75 Å². The Morgan fingerprint density at radius 2 is 2.11 bits per heavy atom. The van der Waals surface area contributed by atoms with Gasteiger partial charge in [-0.1, -0.05) is 11.6 Å². The molecule has 0 spiro atoms. The summed E-state index contributed by atoms with van der Waals surface area (Å²) in [5, 5.41) is 12.3. The topological polar surface area (TPSA) is 96.1 Å². The number of nitrogens with one attached hydrogen (secondary N) is 1. The van der Waals surface area contributed by atoms with Gasteiger partial charge in [-0.2, -0.15) is 10.2 Å². The van der Waals surface area contributed by atoms with Crippen LogP contribution in [0.3, 0.4) is 0 Å². The predicted octanol–water partition coefficient (Wildman–Crippen LogP) is 5.77. The molecule has 4 aromatic rings. The molecule has 192 valence electrons. The third kappa shape index (κ3) is 4.64. The standard InChI is InChI=1S/C26H26ClFN6O3/c1-5-34-23-15-10-21(25(29-12-15)30-26(35)36-6-2)37-14(3)19-11-17(28)7-8-18(19)22-16(13-33(4)31-22)9-20(23)24(27)32-34/h7-8,10-14H,5-6,9H2,1-4H3,(H,29,30,35)/t14-/m1/s1. The molecular formula is C26H26ClFN6O3. The van der Waals surface area contributed by atoms with Crippen LogP contribution in [0.15, 0.2) is 36.7 Å². The molecule has 0 saturated carbocycles. The van der Waals surface area contributed by atoms with Gasteiger partial charge >= 0.3 is 6.09 Å². The molecule has 1 amide bonds. The number of nitrogens with zero attached hydrogens (tertiary/aromatic N) is 5. The Morgan fingerprint density at radius 1 is 1.30 bits per heavy atom. The number of anilines is 1. The molecule has 0 saturated heterocycles. The van der Waals surface area contributed by atoms with Crippen LogP contribution in [-0.4, -0.2) is 37.2 Å². The molecule has 1 aromatic carbocycles. The van der Waals surface area contributed by atoms with E-state index in [1.165, 1.54) is 12.1 Å². The molecule has 0 radical (unpaired) electrons. The Bertz CT molecular complexity index is 1500. The number of carbonyl (C=O) groups excluding carboxylic acids is 1. The van der Waals surface area contributed by atoms with E-state index >= 15 is 0 Å². The number of aromatic nitrogens is 5. The van der Waals surface area contributed by atoms with Gasteiger partial charge in [0.05, 0.1) is 18.0 Å². The van der Waals surface area contributed by atoms with Gasteiger partial charge in [-0.25, -0.2) is 14.2 Å². The molecular weight excluding hydrogens is 499 g/mol. The second kappa shape index (κ2) is 9.85. The number of halogens is 2. The van der Waals surface area contributed by atoms with E-state index in [-0.39, 0.29) is 12.4 Å². The van der Waals surface area contributed by atoms with Crippen molar-refractivity contribution in [2.45, 2.75) is 39.8 Å². The quantitative estimate of drug-likeness (QED) is 0.365. The van der Waals surface area contributed by atoms with E-state index in [4.69, 9.17) is 26.2 Å². The van der Waals surface area contributed by atoms with Crippen LogP contribution in [0, 0.1) is 5.82 Å². The fraction of sp³-hybridized carbons (Fsp3) is 0.308. The smallest absolute Gasteiger partial charge is 0.412 e. The van der Waals surface area contributed by atoms with E-state index in [2.05, 4.69) is 15.4 Å². The minimum absolute atomic E-state index is 0.179. The molecule has 37 heavy (non-hydrogen) atoms. The van der Waals surface area contributed by atoms with Crippen molar-refractivity contribution in [1.82, 2.24) is 24.5 Å². The number of amides is 1. The molecule has 1 N–H and O–H groups in total. The number of carbonyl (C=O) groups is 1. The molecule has 2 bridgehead atoms. The normalized spacial score (nSPS) is 14.4. The first kappa shape index (κ1) is 24.8. The van der Waals surface area contributed by atoms with Gasteiger partial charge in [-0.05, 0) is 45.0 Å². The summed E-state index contributed by atoms with van der Waals surface area (Å²) in [6.45, 7) is 6.28. The van der Waals surface area contributed by atoms with Gasteiger partial charge < -0.3 is 9.47 Å². The third-order valence-corrected chi connectivity index (χ3v) is 6.51. The van der Waals surface area contributed by atoms with Crippen molar-refractivity contribution in [2.24, 2.45) is 7.05 Å². The van der Waals surface area contributed by atoms with Crippen molar-refractivity contribution in [3.8, 4) is 28.3 Å². The van der Waals surface area contributed by atoms with Crippen LogP contribution in [-0.2, 0) is 24.8 Å². The van der Waals surface area contributed by atoms with E-state index in [0.717, 1.165) is 22.4 Å². The molecule has 0 aliphatic carbocycles. The van der Waals surface area contributed by atoms with Crippen LogP contribution in [0.2, 0.25) is 5.15 Å². The second-order valence-corrected chi connectivity index (χ2v) is 9.05. The lowest BCUT2D eigenvalue weighted by Crippen LogP contribution is -2.16. The lowest BCUT2D eigenvalue weighted by Gasteiger charge is -2.21. The zero-order valence-electron chi connectivity index (χ0n) is 20.9. The second-order valence-electron chi connectivity index (χ2n) is 8.69. The van der Waals surface area contributed by atoms with E-state index in [9.17, 15) is 9.18 Å². The largest absolute Gasteiger partial charge is 0.482 e. The minimum Gasteiger partial charge on any atom is -0.482 e. The van der Waals surface area contributed by atoms with Crippen LogP contribution >= 0.6 is 11.6 Å². The SMILES string of the molecule is CCOC(=O)Nc1ncc2cc1O[C@H](C)c1cc(F)ccc1-c1nn(C)cc1Cc1c(Cl)nn(CC)c1-2. The first-order valence-electron chi connectivity index (χ1n) is 12.0. The maximum absolute atomic E-state index is 14.5. The third-order valence-electron chi connectivity index (χ3n) is 6.21. The molecule has 11 heteroatoms. The number of hydrogen-bond donors (Lipinski definition) is 1. The van der Waals surface area contributed by atoms with Gasteiger partial charge in [0.15, 0.2) is 16.7 Å². The van der Waals surface area contributed by atoms with Crippen LogP contribution < -0.4 is 10.1 Å². The molecule has 3 aromatic heterocycles. The van der Waals surface area contributed by atoms with Gasteiger partial charge in [-0.3, -0.25) is 14.7 Å². The molecule has 4 heterocycles. The van der Waals surface area contributed by atoms with Crippen molar-refractivity contribution in [2.75, 3.05) is 11.9 Å². The lowest BCUT2D eigenvalue weighted by molar-refractivity contribution is 0.167. The number of ether oxygens (including phenoxy) is 2. The van der Waals surface area contributed by atoms with Gasteiger partial charge in [0.25, 0.3) is 0 Å². The van der Waals surface area contributed by atoms with Crippen LogP contribution in [0.4, 0.5) is 15.0 Å². The van der Waals surface area contributed by atoms with E-state index in [1.54, 1.807) is 29.9 Å². The maximum atomic E-state index is 14.5. The summed E-state index contributed by atoms with van der Waals surface area (Å²) in [5.41, 5.74) is 5.24. The number of aryl methyl sites for hydroxylation is 2. The highest BCUT2D eigenvalue weighted by molar-refractivity contribution is 6.30. The number of rotatable bonds is 3. The van der Waals surface area contributed by atoms with E-state index in [1.807, 2.05) is 31.8 Å². The van der Waals surface area contributed by atoms with Gasteiger partial charge in [0.1, 0.15) is 11.9 Å². The number of fused-ring (bicyclic) bond motifs is 7. The first-order valence-corrected chi connectivity index (χ1v) is 12.3. The van der Waals surface area contributed by atoms with Crippen molar-refractivity contribution in [3.63, 3.8) is 0 Å². The lowest BCUT2D eigenvalue weighted by atomic mass is 9.94. The fourth-order valence-electron chi connectivity index (χ4n) is 4.62. The van der Waals surface area contributed by atoms with E-state index < -0.39 is 18.0 Å². The first-order chi connectivity index (χ1) is 17.8. The molecule has 0 unspecified atom stereocenters. The summed E-state index contributed by atoms with van der Waals surface area (Å²) in [6, 6.07) is 6.32. The monoisotopic (exact) mass is 524 g/mol. The maximum Gasteiger partial charge on any atom is 0.412 e. The Balaban J connectivity index is 1.77. The highest BCUT2D eigenvalue weighted by Crippen LogP contribution is 2.40. The molecule has 9 nitrogen and oxygen atoms in total. The summed E-state index contributed by atoms with van der Waals surface area (Å²) in [4.78, 5) is 16.7.